The van der Waals surface area contributed by atoms with Gasteiger partial charge in [0.05, 0.1) is 11.1 Å². The first-order valence-corrected chi connectivity index (χ1v) is 9.14. The van der Waals surface area contributed by atoms with Crippen molar-refractivity contribution in [1.82, 2.24) is 0 Å². The van der Waals surface area contributed by atoms with E-state index in [4.69, 9.17) is 0 Å². The topological polar surface area (TPSA) is 74.6 Å². The zero-order valence-electron chi connectivity index (χ0n) is 14.9. The number of aryl methyl sites for hydroxylation is 1. The van der Waals surface area contributed by atoms with E-state index in [0.717, 1.165) is 24.8 Å². The van der Waals surface area contributed by atoms with Crippen LogP contribution in [0.3, 0.4) is 0 Å². The Kier molecular flexibility index (Phi) is 9.13. The quantitative estimate of drug-likeness (QED) is 0.507. The normalized spacial score (nSPS) is 10.8. The summed E-state index contributed by atoms with van der Waals surface area (Å²) < 4.78 is 0. The maximum absolute atomic E-state index is 11.6. The van der Waals surface area contributed by atoms with Gasteiger partial charge in [0, 0.05) is 0 Å². The third-order valence-electron chi connectivity index (χ3n) is 4.52. The molecule has 0 fully saturated rings. The van der Waals surface area contributed by atoms with Gasteiger partial charge in [0.2, 0.25) is 0 Å². The van der Waals surface area contributed by atoms with Crippen LogP contribution in [0.4, 0.5) is 0 Å². The van der Waals surface area contributed by atoms with Crippen LogP contribution < -0.4 is 0 Å². The summed E-state index contributed by atoms with van der Waals surface area (Å²) >= 11 is 0. The molecule has 1 aromatic rings. The van der Waals surface area contributed by atoms with Crippen LogP contribution in [0.5, 0.6) is 0 Å². The van der Waals surface area contributed by atoms with E-state index in [2.05, 4.69) is 6.92 Å². The van der Waals surface area contributed by atoms with E-state index in [9.17, 15) is 19.8 Å². The highest BCUT2D eigenvalue weighted by Gasteiger charge is 2.21. The first-order chi connectivity index (χ1) is 11.5. The Bertz CT molecular complexity index is 549. The van der Waals surface area contributed by atoms with Crippen LogP contribution in [0.1, 0.15) is 97.1 Å². The van der Waals surface area contributed by atoms with Gasteiger partial charge in [-0.15, -0.1) is 0 Å². The van der Waals surface area contributed by atoms with Crippen molar-refractivity contribution >= 4 is 11.9 Å². The van der Waals surface area contributed by atoms with Gasteiger partial charge >= 0.3 is 11.9 Å². The van der Waals surface area contributed by atoms with Gasteiger partial charge in [0.25, 0.3) is 0 Å². The molecule has 0 spiro atoms. The summed E-state index contributed by atoms with van der Waals surface area (Å²) in [4.78, 5) is 22.9. The second kappa shape index (κ2) is 10.8. The number of carboxylic acids is 2. The average Bonchev–Trinajstić information content (AvgIpc) is 2.56. The van der Waals surface area contributed by atoms with Gasteiger partial charge in [-0.3, -0.25) is 0 Å². The van der Waals surface area contributed by atoms with Crippen LogP contribution in [-0.4, -0.2) is 22.2 Å². The lowest BCUT2D eigenvalue weighted by Crippen LogP contribution is -2.13. The lowest BCUT2D eigenvalue weighted by molar-refractivity contribution is 0.0650. The minimum atomic E-state index is -1.17. The molecule has 4 nitrogen and oxygen atoms in total. The third kappa shape index (κ3) is 5.99. The van der Waals surface area contributed by atoms with E-state index in [1.54, 1.807) is 6.07 Å². The number of benzene rings is 1. The van der Waals surface area contributed by atoms with Crippen LogP contribution in [0.15, 0.2) is 12.1 Å². The highest BCUT2D eigenvalue weighted by molar-refractivity contribution is 6.03. The number of rotatable bonds is 12. The average molecular weight is 334 g/mol. The van der Waals surface area contributed by atoms with Gasteiger partial charge in [-0.1, -0.05) is 64.9 Å². The summed E-state index contributed by atoms with van der Waals surface area (Å²) in [6.07, 6.45) is 10.8. The van der Waals surface area contributed by atoms with Gasteiger partial charge in [0.15, 0.2) is 0 Å². The molecule has 0 aliphatic heterocycles. The predicted octanol–water partition coefficient (Wildman–Crippen LogP) is 5.33. The SMILES string of the molecule is CCCCCCCCCCc1c(CC)ccc(C(=O)O)c1C(=O)O. The van der Waals surface area contributed by atoms with E-state index in [0.29, 0.717) is 18.4 Å². The maximum atomic E-state index is 11.6. The van der Waals surface area contributed by atoms with Crippen molar-refractivity contribution in [3.05, 3.63) is 34.4 Å². The number of unbranched alkanes of at least 4 members (excludes halogenated alkanes) is 7. The minimum Gasteiger partial charge on any atom is -0.478 e. The van der Waals surface area contributed by atoms with E-state index < -0.39 is 11.9 Å². The first kappa shape index (κ1) is 20.2. The molecule has 2 N–H and O–H groups in total. The predicted molar refractivity (Wildman–Crippen MR) is 96.1 cm³/mol. The van der Waals surface area contributed by atoms with Crippen LogP contribution in [0, 0.1) is 0 Å². The van der Waals surface area contributed by atoms with Gasteiger partial charge in [0.1, 0.15) is 0 Å². The van der Waals surface area contributed by atoms with Crippen LogP contribution in [0.25, 0.3) is 0 Å². The van der Waals surface area contributed by atoms with Gasteiger partial charge in [-0.2, -0.15) is 0 Å². The smallest absolute Gasteiger partial charge is 0.336 e. The summed E-state index contributed by atoms with van der Waals surface area (Å²) in [6.45, 7) is 4.18. The molecule has 0 amide bonds. The van der Waals surface area contributed by atoms with E-state index in [1.165, 1.54) is 38.2 Å². The van der Waals surface area contributed by atoms with Crippen molar-refractivity contribution in [2.75, 3.05) is 0 Å². The van der Waals surface area contributed by atoms with E-state index in [-0.39, 0.29) is 11.1 Å². The molecule has 0 atom stereocenters. The summed E-state index contributed by atoms with van der Waals surface area (Å²) in [5.41, 5.74) is 1.52. The Morgan fingerprint density at radius 3 is 1.92 bits per heavy atom. The molecular weight excluding hydrogens is 304 g/mol. The number of carbonyl (C=O) groups is 2. The number of carboxylic acid groups (broad SMARTS) is 2. The van der Waals surface area contributed by atoms with Crippen molar-refractivity contribution in [2.45, 2.75) is 78.1 Å². The summed E-state index contributed by atoms with van der Waals surface area (Å²) in [6, 6.07) is 3.18. The van der Waals surface area contributed by atoms with E-state index in [1.807, 2.05) is 6.92 Å². The monoisotopic (exact) mass is 334 g/mol. The molecule has 0 saturated carbocycles. The molecule has 0 saturated heterocycles. The van der Waals surface area contributed by atoms with E-state index >= 15 is 0 Å². The van der Waals surface area contributed by atoms with Crippen molar-refractivity contribution in [1.29, 1.82) is 0 Å². The number of hydrogen-bond donors (Lipinski definition) is 2. The van der Waals surface area contributed by atoms with Crippen molar-refractivity contribution in [3.63, 3.8) is 0 Å². The van der Waals surface area contributed by atoms with Gasteiger partial charge in [-0.05, 0) is 36.5 Å². The molecule has 24 heavy (non-hydrogen) atoms. The largest absolute Gasteiger partial charge is 0.478 e. The molecule has 1 rings (SSSR count). The summed E-state index contributed by atoms with van der Waals surface area (Å²) in [7, 11) is 0. The van der Waals surface area contributed by atoms with Gasteiger partial charge in [-0.25, -0.2) is 9.59 Å². The highest BCUT2D eigenvalue weighted by Crippen LogP contribution is 2.23. The Hall–Kier alpha value is -1.84. The zero-order valence-corrected chi connectivity index (χ0v) is 14.9. The fraction of sp³-hybridized carbons (Fsp3) is 0.600. The fourth-order valence-corrected chi connectivity index (χ4v) is 3.17. The van der Waals surface area contributed by atoms with Gasteiger partial charge < -0.3 is 10.2 Å². The summed E-state index contributed by atoms with van der Waals surface area (Å²) in [5, 5.41) is 18.7. The lowest BCUT2D eigenvalue weighted by Gasteiger charge is -2.14. The summed E-state index contributed by atoms with van der Waals surface area (Å²) in [5.74, 6) is -2.32. The molecule has 0 aliphatic rings. The molecule has 0 aliphatic carbocycles. The number of aromatic carboxylic acids is 2. The lowest BCUT2D eigenvalue weighted by atomic mass is 9.90. The fourth-order valence-electron chi connectivity index (χ4n) is 3.17. The first-order valence-electron chi connectivity index (χ1n) is 9.14. The van der Waals surface area contributed by atoms with Crippen LogP contribution in [-0.2, 0) is 12.8 Å². The molecule has 0 aromatic heterocycles. The molecular formula is C20H30O4. The Morgan fingerprint density at radius 2 is 1.42 bits per heavy atom. The molecule has 1 aromatic carbocycles. The highest BCUT2D eigenvalue weighted by atomic mass is 16.4. The molecule has 0 radical (unpaired) electrons. The Labute approximate surface area is 144 Å². The Balaban J connectivity index is 2.70. The molecule has 134 valence electrons. The van der Waals surface area contributed by atoms with Crippen LogP contribution in [0.2, 0.25) is 0 Å². The molecule has 4 heteroatoms. The molecule has 0 heterocycles. The maximum Gasteiger partial charge on any atom is 0.336 e. The Morgan fingerprint density at radius 1 is 0.833 bits per heavy atom. The van der Waals surface area contributed by atoms with Crippen molar-refractivity contribution < 1.29 is 19.8 Å². The zero-order chi connectivity index (χ0) is 17.9. The minimum absolute atomic E-state index is 0.0233. The van der Waals surface area contributed by atoms with Crippen molar-refractivity contribution in [2.24, 2.45) is 0 Å². The second-order valence-electron chi connectivity index (χ2n) is 6.31. The van der Waals surface area contributed by atoms with Crippen molar-refractivity contribution in [3.8, 4) is 0 Å². The molecule has 0 bridgehead atoms. The number of hydrogen-bond acceptors (Lipinski definition) is 2. The standard InChI is InChI=1S/C20H30O4/c1-3-5-6-7-8-9-10-11-12-16-15(4-2)13-14-17(19(21)22)18(16)20(23)24/h13-14H,3-12H2,1-2H3,(H,21,22)(H,23,24). The second-order valence-corrected chi connectivity index (χ2v) is 6.31. The third-order valence-corrected chi connectivity index (χ3v) is 4.52. The van der Waals surface area contributed by atoms with Crippen LogP contribution >= 0.6 is 0 Å². The molecule has 0 unspecified atom stereocenters.